The van der Waals surface area contributed by atoms with Gasteiger partial charge in [-0.05, 0) is 54.3 Å². The van der Waals surface area contributed by atoms with Gasteiger partial charge >= 0.3 is 0 Å². The summed E-state index contributed by atoms with van der Waals surface area (Å²) in [5.41, 5.74) is 2.98. The summed E-state index contributed by atoms with van der Waals surface area (Å²) in [4.78, 5) is 29.5. The van der Waals surface area contributed by atoms with Gasteiger partial charge in [0.25, 0.3) is 5.91 Å². The van der Waals surface area contributed by atoms with Crippen molar-refractivity contribution in [1.82, 2.24) is 14.4 Å². The molecular weight excluding hydrogens is 374 g/mol. The van der Waals surface area contributed by atoms with Crippen LogP contribution in [-0.2, 0) is 4.79 Å². The molecule has 5 rings (SSSR count). The van der Waals surface area contributed by atoms with Crippen molar-refractivity contribution in [3.05, 3.63) is 90.3 Å². The number of hydrogen-bond donors (Lipinski definition) is 0. The second-order valence-corrected chi connectivity index (χ2v) is 8.11. The molecule has 0 radical (unpaired) electrons. The van der Waals surface area contributed by atoms with E-state index in [2.05, 4.69) is 12.1 Å². The minimum Gasteiger partial charge on any atom is -0.339 e. The average molecular weight is 399 g/mol. The molecule has 0 N–H and O–H groups in total. The number of carbonyl (C=O) groups excluding carboxylic acids is 2. The summed E-state index contributed by atoms with van der Waals surface area (Å²) in [6.07, 6.45) is 4.90. The molecule has 2 atom stereocenters. The SMILES string of the molecule is O=C(c1ccc(-n2cccc2)cc1)N1CCN(C(=O)[C@@H]2CC2c2ccccc2)CC1. The highest BCUT2D eigenvalue weighted by molar-refractivity contribution is 5.94. The lowest BCUT2D eigenvalue weighted by molar-refractivity contribution is -0.134. The van der Waals surface area contributed by atoms with Crippen LogP contribution < -0.4 is 0 Å². The Morgan fingerprint density at radius 2 is 1.37 bits per heavy atom. The van der Waals surface area contributed by atoms with Crippen LogP contribution in [-0.4, -0.2) is 52.4 Å². The minimum absolute atomic E-state index is 0.0368. The van der Waals surface area contributed by atoms with Crippen molar-refractivity contribution < 1.29 is 9.59 Å². The molecule has 1 unspecified atom stereocenters. The van der Waals surface area contributed by atoms with Gasteiger partial charge in [-0.1, -0.05) is 30.3 Å². The Labute approximate surface area is 176 Å². The van der Waals surface area contributed by atoms with Gasteiger partial charge < -0.3 is 14.4 Å². The highest BCUT2D eigenvalue weighted by Crippen LogP contribution is 2.48. The third kappa shape index (κ3) is 3.63. The van der Waals surface area contributed by atoms with Crippen LogP contribution in [0.5, 0.6) is 0 Å². The van der Waals surface area contributed by atoms with E-state index in [1.807, 2.05) is 81.4 Å². The maximum Gasteiger partial charge on any atom is 0.253 e. The molecule has 1 aliphatic carbocycles. The molecule has 2 heterocycles. The summed E-state index contributed by atoms with van der Waals surface area (Å²) in [5, 5.41) is 0. The molecule has 2 fully saturated rings. The van der Waals surface area contributed by atoms with Crippen molar-refractivity contribution in [2.45, 2.75) is 12.3 Å². The number of aromatic nitrogens is 1. The van der Waals surface area contributed by atoms with E-state index in [0.29, 0.717) is 37.7 Å². The standard InChI is InChI=1S/C25H25N3O2/c29-24(20-8-10-21(11-9-20)26-12-4-5-13-26)27-14-16-28(17-15-27)25(30)23-18-22(23)19-6-2-1-3-7-19/h1-13,22-23H,14-18H2/t22?,23-/m1/s1. The fourth-order valence-corrected chi connectivity index (χ4v) is 4.37. The molecule has 2 aliphatic rings. The van der Waals surface area contributed by atoms with Crippen molar-refractivity contribution in [3.8, 4) is 5.69 Å². The summed E-state index contributed by atoms with van der Waals surface area (Å²) < 4.78 is 2.01. The number of hydrogen-bond acceptors (Lipinski definition) is 2. The van der Waals surface area contributed by atoms with Crippen LogP contribution >= 0.6 is 0 Å². The first-order valence-corrected chi connectivity index (χ1v) is 10.6. The van der Waals surface area contributed by atoms with Crippen molar-refractivity contribution in [3.63, 3.8) is 0 Å². The highest BCUT2D eigenvalue weighted by Gasteiger charge is 2.46. The molecule has 1 aliphatic heterocycles. The third-order valence-electron chi connectivity index (χ3n) is 6.23. The second-order valence-electron chi connectivity index (χ2n) is 8.11. The van der Waals surface area contributed by atoms with Gasteiger partial charge in [0.15, 0.2) is 0 Å². The van der Waals surface area contributed by atoms with Crippen LogP contribution in [0.25, 0.3) is 5.69 Å². The predicted molar refractivity (Wildman–Crippen MR) is 116 cm³/mol. The minimum atomic E-state index is 0.0368. The fourth-order valence-electron chi connectivity index (χ4n) is 4.37. The molecule has 3 aromatic rings. The lowest BCUT2D eigenvalue weighted by Crippen LogP contribution is -2.51. The predicted octanol–water partition coefficient (Wildman–Crippen LogP) is 3.57. The Kier molecular flexibility index (Phi) is 4.87. The molecule has 1 saturated carbocycles. The molecular formula is C25H25N3O2. The van der Waals surface area contributed by atoms with Gasteiger partial charge in [0.1, 0.15) is 0 Å². The molecule has 0 spiro atoms. The maximum atomic E-state index is 12.9. The molecule has 5 nitrogen and oxygen atoms in total. The van der Waals surface area contributed by atoms with Crippen LogP contribution in [0.2, 0.25) is 0 Å². The van der Waals surface area contributed by atoms with E-state index in [0.717, 1.165) is 12.1 Å². The second kappa shape index (κ2) is 7.82. The van der Waals surface area contributed by atoms with Crippen LogP contribution in [0.1, 0.15) is 28.3 Å². The van der Waals surface area contributed by atoms with Crippen molar-refractivity contribution in [2.75, 3.05) is 26.2 Å². The molecule has 30 heavy (non-hydrogen) atoms. The van der Waals surface area contributed by atoms with Gasteiger partial charge in [-0.15, -0.1) is 0 Å². The van der Waals surface area contributed by atoms with Gasteiger partial charge in [0.2, 0.25) is 5.91 Å². The Hall–Kier alpha value is -3.34. The van der Waals surface area contributed by atoms with Crippen molar-refractivity contribution in [2.24, 2.45) is 5.92 Å². The van der Waals surface area contributed by atoms with Crippen LogP contribution in [0, 0.1) is 5.92 Å². The number of carbonyl (C=O) groups is 2. The lowest BCUT2D eigenvalue weighted by atomic mass is 10.1. The fraction of sp³-hybridized carbons (Fsp3) is 0.280. The van der Waals surface area contributed by atoms with Crippen LogP contribution in [0.3, 0.4) is 0 Å². The van der Waals surface area contributed by atoms with E-state index >= 15 is 0 Å². The van der Waals surface area contributed by atoms with E-state index in [9.17, 15) is 9.59 Å². The normalized spacial score (nSPS) is 20.8. The quantitative estimate of drug-likeness (QED) is 0.673. The molecule has 152 valence electrons. The van der Waals surface area contributed by atoms with Crippen molar-refractivity contribution in [1.29, 1.82) is 0 Å². The first-order valence-electron chi connectivity index (χ1n) is 10.6. The van der Waals surface area contributed by atoms with Crippen molar-refractivity contribution >= 4 is 11.8 Å². The number of rotatable bonds is 4. The zero-order valence-corrected chi connectivity index (χ0v) is 16.9. The number of amides is 2. The topological polar surface area (TPSA) is 45.6 Å². The smallest absolute Gasteiger partial charge is 0.253 e. The van der Waals surface area contributed by atoms with E-state index in [-0.39, 0.29) is 17.7 Å². The lowest BCUT2D eigenvalue weighted by Gasteiger charge is -2.35. The first-order chi connectivity index (χ1) is 14.7. The van der Waals surface area contributed by atoms with Crippen LogP contribution in [0.15, 0.2) is 79.1 Å². The summed E-state index contributed by atoms with van der Waals surface area (Å²) in [5.74, 6) is 0.745. The maximum absolute atomic E-state index is 12.9. The summed E-state index contributed by atoms with van der Waals surface area (Å²) in [7, 11) is 0. The summed E-state index contributed by atoms with van der Waals surface area (Å²) in [6, 6.07) is 21.9. The highest BCUT2D eigenvalue weighted by atomic mass is 16.2. The zero-order chi connectivity index (χ0) is 20.5. The largest absolute Gasteiger partial charge is 0.339 e. The average Bonchev–Trinajstić information content (AvgIpc) is 3.43. The van der Waals surface area contributed by atoms with E-state index in [1.54, 1.807) is 0 Å². The van der Waals surface area contributed by atoms with Gasteiger partial charge in [-0.2, -0.15) is 0 Å². The van der Waals surface area contributed by atoms with E-state index < -0.39 is 0 Å². The molecule has 2 aromatic carbocycles. The van der Waals surface area contributed by atoms with E-state index in [1.165, 1.54) is 5.56 Å². The molecule has 5 heteroatoms. The summed E-state index contributed by atoms with van der Waals surface area (Å²) in [6.45, 7) is 2.41. The van der Waals surface area contributed by atoms with Gasteiger partial charge in [0, 0.05) is 55.7 Å². The Bertz CT molecular complexity index is 1020. The van der Waals surface area contributed by atoms with Crippen LogP contribution in [0.4, 0.5) is 0 Å². The third-order valence-corrected chi connectivity index (χ3v) is 6.23. The monoisotopic (exact) mass is 399 g/mol. The van der Waals surface area contributed by atoms with Gasteiger partial charge in [-0.3, -0.25) is 9.59 Å². The molecule has 2 amide bonds. The Morgan fingerprint density at radius 3 is 2.03 bits per heavy atom. The van der Waals surface area contributed by atoms with Gasteiger partial charge in [0.05, 0.1) is 0 Å². The zero-order valence-electron chi connectivity index (χ0n) is 16.9. The first kappa shape index (κ1) is 18.7. The molecule has 0 bridgehead atoms. The Balaban J connectivity index is 1.16. The number of benzene rings is 2. The molecule has 1 aromatic heterocycles. The van der Waals surface area contributed by atoms with Gasteiger partial charge in [-0.25, -0.2) is 0 Å². The summed E-state index contributed by atoms with van der Waals surface area (Å²) >= 11 is 0. The number of nitrogens with zero attached hydrogens (tertiary/aromatic N) is 3. The number of piperazine rings is 1. The Morgan fingerprint density at radius 1 is 0.733 bits per heavy atom. The molecule has 1 saturated heterocycles. The van der Waals surface area contributed by atoms with E-state index in [4.69, 9.17) is 0 Å².